The molecule has 0 bridgehead atoms. The third-order valence-electron chi connectivity index (χ3n) is 4.80. The Bertz CT molecular complexity index is 1130. The summed E-state index contributed by atoms with van der Waals surface area (Å²) in [7, 11) is 0. The zero-order valence-electron chi connectivity index (χ0n) is 16.3. The number of hydrogen-bond acceptors (Lipinski definition) is 4. The van der Waals surface area contributed by atoms with E-state index < -0.39 is 11.1 Å². The third-order valence-corrected chi connectivity index (χ3v) is 4.80. The summed E-state index contributed by atoms with van der Waals surface area (Å²) < 4.78 is 1.20. The van der Waals surface area contributed by atoms with Gasteiger partial charge in [0, 0.05) is 24.5 Å². The van der Waals surface area contributed by atoms with Crippen molar-refractivity contribution in [3.05, 3.63) is 68.7 Å². The van der Waals surface area contributed by atoms with Gasteiger partial charge in [0.05, 0.1) is 11.0 Å². The van der Waals surface area contributed by atoms with Crippen LogP contribution in [0.4, 0.5) is 11.4 Å². The molecule has 1 amide bonds. The maximum absolute atomic E-state index is 12.6. The number of carbonyl (C=O) groups excluding carboxylic acids is 1. The van der Waals surface area contributed by atoms with Crippen LogP contribution in [0, 0.1) is 6.92 Å². The second-order valence-electron chi connectivity index (χ2n) is 6.58. The maximum atomic E-state index is 12.6. The number of nitrogens with zero attached hydrogens (tertiary/aromatic N) is 2. The Kier molecular flexibility index (Phi) is 5.63. The fourth-order valence-corrected chi connectivity index (χ4v) is 3.29. The molecule has 0 saturated carbocycles. The number of rotatable bonds is 6. The van der Waals surface area contributed by atoms with Crippen LogP contribution in [0.5, 0.6) is 0 Å². The molecule has 146 valence electrons. The topological polar surface area (TPSA) is 87.2 Å². The van der Waals surface area contributed by atoms with Crippen LogP contribution < -0.4 is 21.3 Å². The molecule has 0 aliphatic carbocycles. The smallest absolute Gasteiger partial charge is 0.317 e. The second-order valence-corrected chi connectivity index (χ2v) is 6.58. The van der Waals surface area contributed by atoms with Crippen LogP contribution in [0.25, 0.3) is 11.0 Å². The number of nitrogens with one attached hydrogen (secondary N) is 2. The summed E-state index contributed by atoms with van der Waals surface area (Å²) in [5.74, 6) is -0.364. The molecule has 0 radical (unpaired) electrons. The van der Waals surface area contributed by atoms with Crippen LogP contribution in [0.3, 0.4) is 0 Å². The number of hydrogen-bond donors (Lipinski definition) is 2. The molecular formula is C21H24N4O3. The molecule has 3 rings (SSSR count). The van der Waals surface area contributed by atoms with E-state index in [-0.39, 0.29) is 12.5 Å². The van der Waals surface area contributed by atoms with E-state index in [2.05, 4.69) is 29.0 Å². The van der Waals surface area contributed by atoms with Gasteiger partial charge in [0.15, 0.2) is 0 Å². The highest BCUT2D eigenvalue weighted by atomic mass is 16.2. The first kappa shape index (κ1) is 19.4. The summed E-state index contributed by atoms with van der Waals surface area (Å²) in [4.78, 5) is 41.5. The lowest BCUT2D eigenvalue weighted by Crippen LogP contribution is -2.38. The van der Waals surface area contributed by atoms with E-state index in [9.17, 15) is 14.4 Å². The van der Waals surface area contributed by atoms with Crippen LogP contribution >= 0.6 is 0 Å². The van der Waals surface area contributed by atoms with Gasteiger partial charge in [-0.05, 0) is 56.7 Å². The van der Waals surface area contributed by atoms with E-state index >= 15 is 0 Å². The van der Waals surface area contributed by atoms with Crippen LogP contribution in [0.15, 0.2) is 52.1 Å². The average molecular weight is 380 g/mol. The molecule has 7 nitrogen and oxygen atoms in total. The van der Waals surface area contributed by atoms with Gasteiger partial charge in [0.2, 0.25) is 5.91 Å². The molecule has 0 atom stereocenters. The molecule has 2 N–H and O–H groups in total. The number of para-hydroxylation sites is 2. The largest absolute Gasteiger partial charge is 0.372 e. The highest BCUT2D eigenvalue weighted by Crippen LogP contribution is 2.22. The van der Waals surface area contributed by atoms with Crippen molar-refractivity contribution < 1.29 is 4.79 Å². The molecule has 1 aromatic heterocycles. The Morgan fingerprint density at radius 3 is 2.50 bits per heavy atom. The minimum absolute atomic E-state index is 0.236. The van der Waals surface area contributed by atoms with Crippen molar-refractivity contribution in [2.24, 2.45) is 0 Å². The number of H-pyrrole nitrogens is 1. The van der Waals surface area contributed by atoms with Gasteiger partial charge in [-0.3, -0.25) is 19.0 Å². The number of carbonyl (C=O) groups is 1. The van der Waals surface area contributed by atoms with E-state index in [0.717, 1.165) is 24.3 Å². The first-order valence-electron chi connectivity index (χ1n) is 9.32. The van der Waals surface area contributed by atoms with Gasteiger partial charge >= 0.3 is 11.1 Å². The normalized spacial score (nSPS) is 10.8. The van der Waals surface area contributed by atoms with Gasteiger partial charge in [-0.15, -0.1) is 0 Å². The van der Waals surface area contributed by atoms with Gasteiger partial charge in [-0.1, -0.05) is 12.1 Å². The van der Waals surface area contributed by atoms with Crippen LogP contribution in [0.2, 0.25) is 0 Å². The second kappa shape index (κ2) is 8.12. The molecule has 7 heteroatoms. The minimum atomic E-state index is -0.748. The van der Waals surface area contributed by atoms with E-state index in [1.807, 2.05) is 25.1 Å². The highest BCUT2D eigenvalue weighted by Gasteiger charge is 2.13. The maximum Gasteiger partial charge on any atom is 0.317 e. The molecule has 28 heavy (non-hydrogen) atoms. The number of fused-ring (bicyclic) bond motifs is 1. The molecule has 0 saturated heterocycles. The van der Waals surface area contributed by atoms with Gasteiger partial charge in [-0.25, -0.2) is 0 Å². The lowest BCUT2D eigenvalue weighted by Gasteiger charge is -2.22. The Hall–Kier alpha value is -3.35. The highest BCUT2D eigenvalue weighted by molar-refractivity contribution is 5.92. The predicted molar refractivity (Wildman–Crippen MR) is 112 cm³/mol. The predicted octanol–water partition coefficient (Wildman–Crippen LogP) is 2.48. The number of aromatic nitrogens is 2. The number of anilines is 2. The molecular weight excluding hydrogens is 356 g/mol. The van der Waals surface area contributed by atoms with Crippen molar-refractivity contribution in [1.29, 1.82) is 0 Å². The Morgan fingerprint density at radius 2 is 1.82 bits per heavy atom. The van der Waals surface area contributed by atoms with E-state index in [1.165, 1.54) is 4.57 Å². The van der Waals surface area contributed by atoms with E-state index in [0.29, 0.717) is 16.7 Å². The lowest BCUT2D eigenvalue weighted by atomic mass is 10.1. The molecule has 0 unspecified atom stereocenters. The van der Waals surface area contributed by atoms with Crippen LogP contribution in [-0.2, 0) is 11.3 Å². The van der Waals surface area contributed by atoms with Crippen molar-refractivity contribution in [3.8, 4) is 0 Å². The molecule has 0 spiro atoms. The number of amides is 1. The fraction of sp³-hybridized carbons (Fsp3) is 0.286. The number of aryl methyl sites for hydroxylation is 1. The minimum Gasteiger partial charge on any atom is -0.372 e. The van der Waals surface area contributed by atoms with Gasteiger partial charge < -0.3 is 15.2 Å². The van der Waals surface area contributed by atoms with E-state index in [4.69, 9.17) is 0 Å². The van der Waals surface area contributed by atoms with Crippen molar-refractivity contribution in [3.63, 3.8) is 0 Å². The monoisotopic (exact) mass is 380 g/mol. The van der Waals surface area contributed by atoms with Gasteiger partial charge in [0.1, 0.15) is 6.54 Å². The quantitative estimate of drug-likeness (QED) is 0.643. The molecule has 0 fully saturated rings. The summed E-state index contributed by atoms with van der Waals surface area (Å²) in [5, 5.41) is 2.84. The lowest BCUT2D eigenvalue weighted by molar-refractivity contribution is -0.116. The Balaban J connectivity index is 1.86. The third kappa shape index (κ3) is 3.83. The molecule has 0 aliphatic heterocycles. The first-order chi connectivity index (χ1) is 13.4. The summed E-state index contributed by atoms with van der Waals surface area (Å²) >= 11 is 0. The van der Waals surface area contributed by atoms with Crippen LogP contribution in [-0.4, -0.2) is 28.5 Å². The fourth-order valence-electron chi connectivity index (χ4n) is 3.29. The standard InChI is InChI=1S/C21H24N4O3/c1-4-24(5-2)15-10-11-16(14(3)12-15)22-19(26)13-25-18-9-7-6-8-17(18)23-20(27)21(25)28/h6-12H,4-5,13H2,1-3H3,(H,22,26)(H,23,27). The van der Waals surface area contributed by atoms with Crippen molar-refractivity contribution in [1.82, 2.24) is 9.55 Å². The average Bonchev–Trinajstić information content (AvgIpc) is 2.68. The number of benzene rings is 2. The zero-order valence-corrected chi connectivity index (χ0v) is 16.3. The Labute approximate surface area is 162 Å². The molecule has 3 aromatic rings. The summed E-state index contributed by atoms with van der Waals surface area (Å²) in [6, 6.07) is 12.8. The Morgan fingerprint density at radius 1 is 1.11 bits per heavy atom. The zero-order chi connectivity index (χ0) is 20.3. The van der Waals surface area contributed by atoms with Crippen LogP contribution in [0.1, 0.15) is 19.4 Å². The van der Waals surface area contributed by atoms with Crippen molar-refractivity contribution >= 4 is 28.3 Å². The molecule has 1 heterocycles. The summed E-state index contributed by atoms with van der Waals surface area (Å²) in [6.07, 6.45) is 0. The summed E-state index contributed by atoms with van der Waals surface area (Å²) in [5.41, 5.74) is 2.24. The molecule has 2 aromatic carbocycles. The molecule has 0 aliphatic rings. The summed E-state index contributed by atoms with van der Waals surface area (Å²) in [6.45, 7) is 7.69. The van der Waals surface area contributed by atoms with Gasteiger partial charge in [0.25, 0.3) is 0 Å². The van der Waals surface area contributed by atoms with Gasteiger partial charge in [-0.2, -0.15) is 0 Å². The first-order valence-corrected chi connectivity index (χ1v) is 9.32. The van der Waals surface area contributed by atoms with E-state index in [1.54, 1.807) is 24.3 Å². The van der Waals surface area contributed by atoms with Crippen molar-refractivity contribution in [2.75, 3.05) is 23.3 Å². The number of aromatic amines is 1. The van der Waals surface area contributed by atoms with Crippen molar-refractivity contribution in [2.45, 2.75) is 27.3 Å². The SMILES string of the molecule is CCN(CC)c1ccc(NC(=O)Cn2c(=O)c(=O)[nH]c3ccccc32)c(C)c1.